The Morgan fingerprint density at radius 3 is 2.52 bits per heavy atom. The molecule has 0 heterocycles. The molecule has 1 N–H and O–H groups in total. The summed E-state index contributed by atoms with van der Waals surface area (Å²) in [6, 6.07) is 14.7. The fourth-order valence-corrected chi connectivity index (χ4v) is 2.20. The highest BCUT2D eigenvalue weighted by Gasteiger charge is 2.08. The summed E-state index contributed by atoms with van der Waals surface area (Å²) in [5.41, 5.74) is 1.31. The predicted octanol–water partition coefficient (Wildman–Crippen LogP) is 5.30. The maximum Gasteiger partial charge on any atom is 0.255 e. The molecule has 0 aliphatic heterocycles. The smallest absolute Gasteiger partial charge is 0.255 e. The van der Waals surface area contributed by atoms with Crippen molar-refractivity contribution < 1.29 is 14.3 Å². The van der Waals surface area contributed by atoms with Gasteiger partial charge in [0.2, 0.25) is 0 Å². The van der Waals surface area contributed by atoms with Crippen LogP contribution in [0.15, 0.2) is 48.5 Å². The molecule has 2 aromatic rings. The number of carbonyl (C=O) groups excluding carboxylic acids is 1. The number of anilines is 1. The number of nitrogens with one attached hydrogen (secondary N) is 1. The minimum absolute atomic E-state index is 0.156. The molecule has 0 aliphatic rings. The van der Waals surface area contributed by atoms with E-state index in [1.54, 1.807) is 12.1 Å². The zero-order valence-corrected chi connectivity index (χ0v) is 15.2. The van der Waals surface area contributed by atoms with Gasteiger partial charge in [-0.15, -0.1) is 0 Å². The van der Waals surface area contributed by atoms with Crippen LogP contribution in [0.3, 0.4) is 0 Å². The van der Waals surface area contributed by atoms with E-state index in [1.165, 1.54) is 0 Å². The second-order valence-corrected chi connectivity index (χ2v) is 6.05. The van der Waals surface area contributed by atoms with Crippen LogP contribution < -0.4 is 14.8 Å². The standard InChI is InChI=1S/C21H27NO3/c1-4-6-14-24-20-9-7-8-17(15-20)21(23)22-18-10-12-19(13-11-18)25-16(3)5-2/h7-13,15-16H,4-6,14H2,1-3H3,(H,22,23). The summed E-state index contributed by atoms with van der Waals surface area (Å²) in [5, 5.41) is 2.90. The molecule has 1 unspecified atom stereocenters. The lowest BCUT2D eigenvalue weighted by Gasteiger charge is -2.13. The molecule has 4 heteroatoms. The summed E-state index contributed by atoms with van der Waals surface area (Å²) >= 11 is 0. The van der Waals surface area contributed by atoms with Gasteiger partial charge in [0.25, 0.3) is 5.91 Å². The Hall–Kier alpha value is -2.49. The van der Waals surface area contributed by atoms with Gasteiger partial charge in [-0.1, -0.05) is 26.3 Å². The van der Waals surface area contributed by atoms with E-state index < -0.39 is 0 Å². The Bertz CT molecular complexity index is 667. The van der Waals surface area contributed by atoms with E-state index in [1.807, 2.05) is 43.3 Å². The molecule has 2 rings (SSSR count). The molecule has 0 bridgehead atoms. The Labute approximate surface area is 150 Å². The zero-order valence-electron chi connectivity index (χ0n) is 15.2. The van der Waals surface area contributed by atoms with Crippen molar-refractivity contribution in [2.24, 2.45) is 0 Å². The number of benzene rings is 2. The van der Waals surface area contributed by atoms with Crippen molar-refractivity contribution in [1.82, 2.24) is 0 Å². The third kappa shape index (κ3) is 6.14. The molecular formula is C21H27NO3. The van der Waals surface area contributed by atoms with Crippen LogP contribution in [0, 0.1) is 0 Å². The molecule has 4 nitrogen and oxygen atoms in total. The van der Waals surface area contributed by atoms with Crippen LogP contribution in [0.1, 0.15) is 50.4 Å². The molecular weight excluding hydrogens is 314 g/mol. The van der Waals surface area contributed by atoms with Crippen molar-refractivity contribution in [2.45, 2.75) is 46.1 Å². The summed E-state index contributed by atoms with van der Waals surface area (Å²) in [6.07, 6.45) is 3.21. The van der Waals surface area contributed by atoms with Crippen LogP contribution >= 0.6 is 0 Å². The van der Waals surface area contributed by atoms with E-state index in [0.717, 1.165) is 36.4 Å². The van der Waals surface area contributed by atoms with Gasteiger partial charge in [-0.2, -0.15) is 0 Å². The fourth-order valence-electron chi connectivity index (χ4n) is 2.20. The molecule has 0 saturated heterocycles. The maximum atomic E-state index is 12.4. The minimum Gasteiger partial charge on any atom is -0.494 e. The van der Waals surface area contributed by atoms with Crippen LogP contribution in [-0.4, -0.2) is 18.6 Å². The molecule has 25 heavy (non-hydrogen) atoms. The van der Waals surface area contributed by atoms with E-state index in [0.29, 0.717) is 12.2 Å². The van der Waals surface area contributed by atoms with Crippen molar-refractivity contribution in [1.29, 1.82) is 0 Å². The lowest BCUT2D eigenvalue weighted by atomic mass is 10.2. The average molecular weight is 341 g/mol. The fraction of sp³-hybridized carbons (Fsp3) is 0.381. The second kappa shape index (κ2) is 9.72. The summed E-state index contributed by atoms with van der Waals surface area (Å²) in [7, 11) is 0. The van der Waals surface area contributed by atoms with Crippen molar-refractivity contribution in [3.8, 4) is 11.5 Å². The Balaban J connectivity index is 1.96. The van der Waals surface area contributed by atoms with Gasteiger partial charge in [-0.05, 0) is 62.2 Å². The first-order valence-electron chi connectivity index (χ1n) is 8.93. The summed E-state index contributed by atoms with van der Waals surface area (Å²) in [4.78, 5) is 12.4. The van der Waals surface area contributed by atoms with Gasteiger partial charge in [0.05, 0.1) is 12.7 Å². The van der Waals surface area contributed by atoms with E-state index in [9.17, 15) is 4.79 Å². The van der Waals surface area contributed by atoms with E-state index in [2.05, 4.69) is 19.2 Å². The van der Waals surface area contributed by atoms with Crippen LogP contribution in [0.4, 0.5) is 5.69 Å². The van der Waals surface area contributed by atoms with Gasteiger partial charge >= 0.3 is 0 Å². The summed E-state index contributed by atoms with van der Waals surface area (Å²) in [6.45, 7) is 6.90. The van der Waals surface area contributed by atoms with Gasteiger partial charge in [0.15, 0.2) is 0 Å². The number of hydrogen-bond acceptors (Lipinski definition) is 3. The van der Waals surface area contributed by atoms with Gasteiger partial charge in [0.1, 0.15) is 11.5 Å². The lowest BCUT2D eigenvalue weighted by Crippen LogP contribution is -2.12. The first kappa shape index (κ1) is 18.8. The first-order valence-corrected chi connectivity index (χ1v) is 8.93. The van der Waals surface area contributed by atoms with Crippen LogP contribution in [0.5, 0.6) is 11.5 Å². The number of amides is 1. The molecule has 0 saturated carbocycles. The third-order valence-corrected chi connectivity index (χ3v) is 3.89. The van der Waals surface area contributed by atoms with Gasteiger partial charge in [-0.25, -0.2) is 0 Å². The van der Waals surface area contributed by atoms with Crippen molar-refractivity contribution >= 4 is 11.6 Å². The SMILES string of the molecule is CCCCOc1cccc(C(=O)Nc2ccc(OC(C)CC)cc2)c1. The largest absolute Gasteiger partial charge is 0.494 e. The van der Waals surface area contributed by atoms with Crippen LogP contribution in [0.2, 0.25) is 0 Å². The minimum atomic E-state index is -0.156. The molecule has 0 radical (unpaired) electrons. The highest BCUT2D eigenvalue weighted by atomic mass is 16.5. The van der Waals surface area contributed by atoms with Gasteiger partial charge in [0, 0.05) is 11.3 Å². The monoisotopic (exact) mass is 341 g/mol. The quantitative estimate of drug-likeness (QED) is 0.630. The zero-order chi connectivity index (χ0) is 18.1. The Morgan fingerprint density at radius 1 is 1.08 bits per heavy atom. The normalized spacial score (nSPS) is 11.6. The third-order valence-electron chi connectivity index (χ3n) is 3.89. The number of hydrogen-bond donors (Lipinski definition) is 1. The van der Waals surface area contributed by atoms with Gasteiger partial charge in [-0.3, -0.25) is 4.79 Å². The van der Waals surface area contributed by atoms with Crippen molar-refractivity contribution in [3.05, 3.63) is 54.1 Å². The first-order chi connectivity index (χ1) is 12.1. The van der Waals surface area contributed by atoms with E-state index in [-0.39, 0.29) is 12.0 Å². The predicted molar refractivity (Wildman–Crippen MR) is 102 cm³/mol. The number of rotatable bonds is 9. The van der Waals surface area contributed by atoms with Crippen LogP contribution in [-0.2, 0) is 0 Å². The van der Waals surface area contributed by atoms with Crippen molar-refractivity contribution in [2.75, 3.05) is 11.9 Å². The molecule has 0 aliphatic carbocycles. The molecule has 0 aromatic heterocycles. The Morgan fingerprint density at radius 2 is 1.84 bits per heavy atom. The topological polar surface area (TPSA) is 47.6 Å². The highest BCUT2D eigenvalue weighted by Crippen LogP contribution is 2.19. The number of carbonyl (C=O) groups is 1. The lowest BCUT2D eigenvalue weighted by molar-refractivity contribution is 0.102. The van der Waals surface area contributed by atoms with Gasteiger partial charge < -0.3 is 14.8 Å². The molecule has 134 valence electrons. The van der Waals surface area contributed by atoms with E-state index >= 15 is 0 Å². The number of ether oxygens (including phenoxy) is 2. The number of unbranched alkanes of at least 4 members (excludes halogenated alkanes) is 1. The van der Waals surface area contributed by atoms with Crippen molar-refractivity contribution in [3.63, 3.8) is 0 Å². The highest BCUT2D eigenvalue weighted by molar-refractivity contribution is 6.04. The van der Waals surface area contributed by atoms with Crippen LogP contribution in [0.25, 0.3) is 0 Å². The Kier molecular flexibility index (Phi) is 7.33. The maximum absolute atomic E-state index is 12.4. The molecule has 0 fully saturated rings. The second-order valence-electron chi connectivity index (χ2n) is 6.05. The molecule has 0 spiro atoms. The molecule has 1 amide bonds. The average Bonchev–Trinajstić information content (AvgIpc) is 2.63. The summed E-state index contributed by atoms with van der Waals surface area (Å²) in [5.74, 6) is 1.37. The molecule has 1 atom stereocenters. The summed E-state index contributed by atoms with van der Waals surface area (Å²) < 4.78 is 11.4. The van der Waals surface area contributed by atoms with E-state index in [4.69, 9.17) is 9.47 Å². The molecule has 2 aromatic carbocycles.